The molecule has 1 nitrogen and oxygen atoms in total. The molecular formula is C8H11ClO. The third-order valence-corrected chi connectivity index (χ3v) is 2.05. The second kappa shape index (κ2) is 3.11. The predicted molar refractivity (Wildman–Crippen MR) is 43.1 cm³/mol. The first-order valence-corrected chi connectivity index (χ1v) is 3.74. The normalized spacial score (nSPS) is 31.3. The molecule has 1 atom stereocenters. The lowest BCUT2D eigenvalue weighted by Gasteiger charge is -2.24. The van der Waals surface area contributed by atoms with Crippen molar-refractivity contribution < 1.29 is 4.74 Å². The van der Waals surface area contributed by atoms with Gasteiger partial charge in [-0.1, -0.05) is 6.08 Å². The van der Waals surface area contributed by atoms with Gasteiger partial charge in [-0.2, -0.15) is 0 Å². The van der Waals surface area contributed by atoms with Crippen molar-refractivity contribution in [2.24, 2.45) is 0 Å². The second-order valence-electron chi connectivity index (χ2n) is 2.45. The first-order valence-electron chi connectivity index (χ1n) is 3.36. The number of halogens is 1. The Morgan fingerprint density at radius 3 is 3.10 bits per heavy atom. The van der Waals surface area contributed by atoms with Crippen molar-refractivity contribution in [3.63, 3.8) is 0 Å². The molecule has 0 spiro atoms. The van der Waals surface area contributed by atoms with Crippen LogP contribution in [0.3, 0.4) is 0 Å². The Morgan fingerprint density at radius 2 is 2.60 bits per heavy atom. The van der Waals surface area contributed by atoms with Crippen molar-refractivity contribution >= 4 is 11.6 Å². The first kappa shape index (κ1) is 7.67. The summed E-state index contributed by atoms with van der Waals surface area (Å²) < 4.78 is 5.01. The van der Waals surface area contributed by atoms with Gasteiger partial charge in [-0.3, -0.25) is 0 Å². The molecule has 10 heavy (non-hydrogen) atoms. The van der Waals surface area contributed by atoms with Crippen LogP contribution in [0.15, 0.2) is 25.0 Å². The third kappa shape index (κ3) is 1.77. The van der Waals surface area contributed by atoms with Crippen LogP contribution >= 0.6 is 11.6 Å². The van der Waals surface area contributed by atoms with Crippen LogP contribution in [0.2, 0.25) is 0 Å². The van der Waals surface area contributed by atoms with E-state index in [4.69, 9.17) is 16.3 Å². The van der Waals surface area contributed by atoms with Gasteiger partial charge in [0, 0.05) is 6.42 Å². The Kier molecular flexibility index (Phi) is 2.39. The Morgan fingerprint density at radius 1 is 1.80 bits per heavy atom. The average molecular weight is 159 g/mol. The third-order valence-electron chi connectivity index (χ3n) is 1.58. The summed E-state index contributed by atoms with van der Waals surface area (Å²) in [6.45, 7) is 4.36. The van der Waals surface area contributed by atoms with Crippen LogP contribution < -0.4 is 0 Å². The van der Waals surface area contributed by atoms with Crippen LogP contribution in [-0.4, -0.2) is 11.5 Å². The largest absolute Gasteiger partial charge is 0.501 e. The van der Waals surface area contributed by atoms with Gasteiger partial charge in [0.1, 0.15) is 0 Å². The fourth-order valence-corrected chi connectivity index (χ4v) is 1.20. The maximum absolute atomic E-state index is 6.14. The molecule has 0 aliphatic carbocycles. The minimum atomic E-state index is -0.222. The van der Waals surface area contributed by atoms with Gasteiger partial charge in [0.05, 0.1) is 17.7 Å². The van der Waals surface area contributed by atoms with Gasteiger partial charge in [-0.05, 0) is 12.5 Å². The van der Waals surface area contributed by atoms with Gasteiger partial charge in [-0.15, -0.1) is 18.2 Å². The minimum Gasteiger partial charge on any atom is -0.501 e. The van der Waals surface area contributed by atoms with Crippen LogP contribution in [-0.2, 0) is 4.74 Å². The molecule has 0 fully saturated rings. The van der Waals surface area contributed by atoms with Crippen LogP contribution in [0.25, 0.3) is 0 Å². The van der Waals surface area contributed by atoms with E-state index >= 15 is 0 Å². The molecule has 0 amide bonds. The molecular weight excluding hydrogens is 148 g/mol. The molecule has 0 aromatic heterocycles. The topological polar surface area (TPSA) is 9.23 Å². The van der Waals surface area contributed by atoms with Crippen LogP contribution in [0.1, 0.15) is 12.8 Å². The molecule has 2 heteroatoms. The van der Waals surface area contributed by atoms with Gasteiger partial charge in [0.15, 0.2) is 0 Å². The number of rotatable bonds is 2. The summed E-state index contributed by atoms with van der Waals surface area (Å²) in [5.74, 6) is 0. The highest BCUT2D eigenvalue weighted by Crippen LogP contribution is 2.28. The SMILES string of the molecule is C=CC[C@@]1(Cl)C=COCC1. The molecule has 1 heterocycles. The maximum Gasteiger partial charge on any atom is 0.0893 e. The summed E-state index contributed by atoms with van der Waals surface area (Å²) in [6.07, 6.45) is 7.08. The number of hydrogen-bond donors (Lipinski definition) is 0. The molecule has 0 bridgehead atoms. The van der Waals surface area contributed by atoms with Crippen molar-refractivity contribution in [3.05, 3.63) is 25.0 Å². The van der Waals surface area contributed by atoms with E-state index in [0.717, 1.165) is 12.8 Å². The van der Waals surface area contributed by atoms with E-state index in [-0.39, 0.29) is 4.87 Å². The van der Waals surface area contributed by atoms with Crippen LogP contribution in [0, 0.1) is 0 Å². The highest BCUT2D eigenvalue weighted by molar-refractivity contribution is 6.25. The number of hydrogen-bond acceptors (Lipinski definition) is 1. The Hall–Kier alpha value is -0.430. The molecule has 0 aromatic carbocycles. The molecule has 56 valence electrons. The predicted octanol–water partition coefficient (Wildman–Crippen LogP) is 2.47. The lowest BCUT2D eigenvalue weighted by molar-refractivity contribution is 0.215. The lowest BCUT2D eigenvalue weighted by atomic mass is 10.00. The van der Waals surface area contributed by atoms with E-state index in [0.29, 0.717) is 6.61 Å². The van der Waals surface area contributed by atoms with Crippen LogP contribution in [0.5, 0.6) is 0 Å². The quantitative estimate of drug-likeness (QED) is 0.443. The van der Waals surface area contributed by atoms with E-state index in [9.17, 15) is 0 Å². The standard InChI is InChI=1S/C8H11ClO/c1-2-3-8(9)4-6-10-7-5-8/h2,4,6H,1,3,5,7H2/t8-/m1/s1. The van der Waals surface area contributed by atoms with Crippen molar-refractivity contribution in [3.8, 4) is 0 Å². The highest BCUT2D eigenvalue weighted by atomic mass is 35.5. The molecule has 0 radical (unpaired) electrons. The van der Waals surface area contributed by atoms with Gasteiger partial charge >= 0.3 is 0 Å². The van der Waals surface area contributed by atoms with Crippen molar-refractivity contribution in [1.29, 1.82) is 0 Å². The molecule has 0 saturated carbocycles. The smallest absolute Gasteiger partial charge is 0.0893 e. The Balaban J connectivity index is 2.56. The summed E-state index contributed by atoms with van der Waals surface area (Å²) in [6, 6.07) is 0. The molecule has 0 aromatic rings. The lowest BCUT2D eigenvalue weighted by Crippen LogP contribution is -2.22. The molecule has 1 aliphatic heterocycles. The van der Waals surface area contributed by atoms with Crippen LogP contribution in [0.4, 0.5) is 0 Å². The fraction of sp³-hybridized carbons (Fsp3) is 0.500. The molecule has 1 rings (SSSR count). The van der Waals surface area contributed by atoms with E-state index in [1.165, 1.54) is 0 Å². The summed E-state index contributed by atoms with van der Waals surface area (Å²) in [7, 11) is 0. The first-order chi connectivity index (χ1) is 4.77. The number of allylic oxidation sites excluding steroid dienone is 2. The summed E-state index contributed by atoms with van der Waals surface area (Å²) in [4.78, 5) is -0.222. The zero-order valence-electron chi connectivity index (χ0n) is 5.85. The van der Waals surface area contributed by atoms with Crippen molar-refractivity contribution in [1.82, 2.24) is 0 Å². The average Bonchev–Trinajstić information content (AvgIpc) is 1.89. The summed E-state index contributed by atoms with van der Waals surface area (Å²) in [5, 5.41) is 0. The zero-order valence-corrected chi connectivity index (χ0v) is 6.60. The fourth-order valence-electron chi connectivity index (χ4n) is 0.960. The Bertz CT molecular complexity index is 153. The molecule has 0 unspecified atom stereocenters. The zero-order chi connectivity index (χ0) is 7.45. The van der Waals surface area contributed by atoms with E-state index < -0.39 is 0 Å². The van der Waals surface area contributed by atoms with Crippen molar-refractivity contribution in [2.75, 3.05) is 6.61 Å². The highest BCUT2D eigenvalue weighted by Gasteiger charge is 2.24. The molecule has 0 N–H and O–H groups in total. The van der Waals surface area contributed by atoms with Gasteiger partial charge in [-0.25, -0.2) is 0 Å². The van der Waals surface area contributed by atoms with E-state index in [2.05, 4.69) is 6.58 Å². The van der Waals surface area contributed by atoms with Gasteiger partial charge in [0.2, 0.25) is 0 Å². The summed E-state index contributed by atoms with van der Waals surface area (Å²) >= 11 is 6.14. The van der Waals surface area contributed by atoms with E-state index in [1.54, 1.807) is 6.26 Å². The second-order valence-corrected chi connectivity index (χ2v) is 3.20. The number of alkyl halides is 1. The van der Waals surface area contributed by atoms with Crippen molar-refractivity contribution in [2.45, 2.75) is 17.7 Å². The minimum absolute atomic E-state index is 0.222. The maximum atomic E-state index is 6.14. The van der Waals surface area contributed by atoms with Gasteiger partial charge in [0.25, 0.3) is 0 Å². The van der Waals surface area contributed by atoms with E-state index in [1.807, 2.05) is 12.2 Å². The monoisotopic (exact) mass is 158 g/mol. The molecule has 1 aliphatic rings. The number of ether oxygens (including phenoxy) is 1. The van der Waals surface area contributed by atoms with Gasteiger partial charge < -0.3 is 4.74 Å². The molecule has 0 saturated heterocycles. The summed E-state index contributed by atoms with van der Waals surface area (Å²) in [5.41, 5.74) is 0. The Labute approximate surface area is 66.3 Å².